The maximum atomic E-state index is 12.8. The number of nitrogens with zero attached hydrogens (tertiary/aromatic N) is 1. The van der Waals surface area contributed by atoms with E-state index in [0.717, 1.165) is 12.1 Å². The van der Waals surface area contributed by atoms with Crippen LogP contribution in [0.15, 0.2) is 34.7 Å². The summed E-state index contributed by atoms with van der Waals surface area (Å²) in [6, 6.07) is 6.26. The van der Waals surface area contributed by atoms with Gasteiger partial charge in [0.1, 0.15) is 17.1 Å². The number of alkyl halides is 3. The standard InChI is InChI=1S/C19H20F3NO4/c1-11(7-13-5-4-6-14(8-13)19(20,21)22)17(24)23(3)10-15-9-16(18(25)26)12(2)27-15/h4-6,8-9,11H,7,10H2,1-3H3,(H,25,26). The second kappa shape index (κ2) is 7.85. The maximum absolute atomic E-state index is 12.8. The fraction of sp³-hybridized carbons (Fsp3) is 0.368. The smallest absolute Gasteiger partial charge is 0.416 e. The van der Waals surface area contributed by atoms with Gasteiger partial charge in [-0.3, -0.25) is 4.79 Å². The van der Waals surface area contributed by atoms with Gasteiger partial charge in [-0.1, -0.05) is 25.1 Å². The number of carboxylic acid groups (broad SMARTS) is 1. The van der Waals surface area contributed by atoms with Crippen LogP contribution in [0.5, 0.6) is 0 Å². The Bertz CT molecular complexity index is 842. The van der Waals surface area contributed by atoms with Crippen LogP contribution in [0.4, 0.5) is 13.2 Å². The highest BCUT2D eigenvalue weighted by Gasteiger charge is 2.30. The molecule has 1 atom stereocenters. The molecule has 8 heteroatoms. The van der Waals surface area contributed by atoms with Crippen molar-refractivity contribution in [2.24, 2.45) is 5.92 Å². The summed E-state index contributed by atoms with van der Waals surface area (Å²) in [5, 5.41) is 9.03. The molecule has 5 nitrogen and oxygen atoms in total. The molecule has 1 amide bonds. The van der Waals surface area contributed by atoms with Crippen molar-refractivity contribution in [3.05, 3.63) is 58.5 Å². The van der Waals surface area contributed by atoms with Gasteiger partial charge in [-0.15, -0.1) is 0 Å². The van der Waals surface area contributed by atoms with Crippen LogP contribution in [0, 0.1) is 12.8 Å². The number of rotatable bonds is 6. The first kappa shape index (κ1) is 20.5. The Morgan fingerprint density at radius 2 is 1.93 bits per heavy atom. The molecule has 0 fully saturated rings. The Kier molecular flexibility index (Phi) is 5.98. The summed E-state index contributed by atoms with van der Waals surface area (Å²) in [6.07, 6.45) is -4.27. The molecule has 0 aliphatic heterocycles. The van der Waals surface area contributed by atoms with E-state index in [4.69, 9.17) is 9.52 Å². The van der Waals surface area contributed by atoms with Gasteiger partial charge in [0.05, 0.1) is 12.1 Å². The van der Waals surface area contributed by atoms with Gasteiger partial charge in [0.25, 0.3) is 0 Å². The number of hydrogen-bond acceptors (Lipinski definition) is 3. The Balaban J connectivity index is 2.04. The number of amides is 1. The number of carbonyl (C=O) groups is 2. The molecule has 0 aliphatic carbocycles. The third-order valence-electron chi connectivity index (χ3n) is 4.19. The van der Waals surface area contributed by atoms with E-state index in [1.165, 1.54) is 31.0 Å². The Morgan fingerprint density at radius 3 is 2.48 bits per heavy atom. The minimum atomic E-state index is -4.43. The number of carboxylic acids is 1. The van der Waals surface area contributed by atoms with E-state index in [-0.39, 0.29) is 30.2 Å². The van der Waals surface area contributed by atoms with Gasteiger partial charge in [0.2, 0.25) is 5.91 Å². The number of halogens is 3. The largest absolute Gasteiger partial charge is 0.478 e. The van der Waals surface area contributed by atoms with Crippen LogP contribution in [0.25, 0.3) is 0 Å². The second-order valence-corrected chi connectivity index (χ2v) is 6.49. The lowest BCUT2D eigenvalue weighted by Crippen LogP contribution is -2.32. The zero-order valence-corrected chi connectivity index (χ0v) is 15.1. The number of furan rings is 1. The Morgan fingerprint density at radius 1 is 1.26 bits per heavy atom. The van der Waals surface area contributed by atoms with Crippen molar-refractivity contribution in [3.8, 4) is 0 Å². The highest BCUT2D eigenvalue weighted by Crippen LogP contribution is 2.30. The number of aromatic carboxylic acids is 1. The molecule has 0 spiro atoms. The highest BCUT2D eigenvalue weighted by molar-refractivity contribution is 5.88. The lowest BCUT2D eigenvalue weighted by molar-refractivity contribution is -0.137. The van der Waals surface area contributed by atoms with Crippen molar-refractivity contribution in [1.82, 2.24) is 4.90 Å². The Hall–Kier alpha value is -2.77. The molecule has 1 aromatic heterocycles. The minimum Gasteiger partial charge on any atom is -0.478 e. The topological polar surface area (TPSA) is 70.8 Å². The van der Waals surface area contributed by atoms with E-state index in [1.807, 2.05) is 0 Å². The molecule has 0 bridgehead atoms. The van der Waals surface area contributed by atoms with Crippen LogP contribution in [-0.4, -0.2) is 28.9 Å². The maximum Gasteiger partial charge on any atom is 0.416 e. The first-order valence-electron chi connectivity index (χ1n) is 8.22. The monoisotopic (exact) mass is 383 g/mol. The van der Waals surface area contributed by atoms with E-state index in [2.05, 4.69) is 0 Å². The van der Waals surface area contributed by atoms with Crippen molar-refractivity contribution < 1.29 is 32.3 Å². The van der Waals surface area contributed by atoms with Crippen LogP contribution in [0.2, 0.25) is 0 Å². The summed E-state index contributed by atoms with van der Waals surface area (Å²) in [4.78, 5) is 24.9. The first-order chi connectivity index (χ1) is 12.5. The predicted octanol–water partition coefficient (Wildman–Crippen LogP) is 4.14. The molecular weight excluding hydrogens is 363 g/mol. The van der Waals surface area contributed by atoms with Crippen molar-refractivity contribution in [3.63, 3.8) is 0 Å². The lowest BCUT2D eigenvalue weighted by atomic mass is 9.98. The van der Waals surface area contributed by atoms with Gasteiger partial charge in [-0.2, -0.15) is 13.2 Å². The van der Waals surface area contributed by atoms with Crippen LogP contribution >= 0.6 is 0 Å². The summed E-state index contributed by atoms with van der Waals surface area (Å²) in [7, 11) is 1.53. The van der Waals surface area contributed by atoms with Gasteiger partial charge in [0.15, 0.2) is 0 Å². The summed E-state index contributed by atoms with van der Waals surface area (Å²) in [5.74, 6) is -1.37. The highest BCUT2D eigenvalue weighted by atomic mass is 19.4. The molecule has 0 radical (unpaired) electrons. The number of carbonyl (C=O) groups excluding carboxylic acids is 1. The number of benzene rings is 1. The summed E-state index contributed by atoms with van der Waals surface area (Å²) >= 11 is 0. The molecule has 1 aromatic carbocycles. The average molecular weight is 383 g/mol. The number of hydrogen-bond donors (Lipinski definition) is 1. The fourth-order valence-electron chi connectivity index (χ4n) is 2.84. The van der Waals surface area contributed by atoms with Gasteiger partial charge in [-0.05, 0) is 31.0 Å². The SMILES string of the molecule is Cc1oc(CN(C)C(=O)C(C)Cc2cccc(C(F)(F)F)c2)cc1C(=O)O. The zero-order valence-electron chi connectivity index (χ0n) is 15.1. The van der Waals surface area contributed by atoms with E-state index < -0.39 is 23.6 Å². The van der Waals surface area contributed by atoms with E-state index in [1.54, 1.807) is 13.0 Å². The predicted molar refractivity (Wildman–Crippen MR) is 91.2 cm³/mol. The van der Waals surface area contributed by atoms with Crippen LogP contribution in [-0.2, 0) is 23.9 Å². The molecule has 2 aromatic rings. The summed E-state index contributed by atoms with van der Waals surface area (Å²) in [6.45, 7) is 3.22. The van der Waals surface area contributed by atoms with Gasteiger partial charge < -0.3 is 14.4 Å². The molecule has 0 saturated carbocycles. The first-order valence-corrected chi connectivity index (χ1v) is 8.22. The molecule has 0 saturated heterocycles. The minimum absolute atomic E-state index is 0.0304. The normalized spacial score (nSPS) is 12.7. The average Bonchev–Trinajstić information content (AvgIpc) is 2.94. The third-order valence-corrected chi connectivity index (χ3v) is 4.19. The van der Waals surface area contributed by atoms with Crippen molar-refractivity contribution in [2.75, 3.05) is 7.05 Å². The molecule has 146 valence electrons. The molecule has 27 heavy (non-hydrogen) atoms. The fourth-order valence-corrected chi connectivity index (χ4v) is 2.84. The molecule has 0 aliphatic rings. The van der Waals surface area contributed by atoms with Crippen LogP contribution in [0.3, 0.4) is 0 Å². The molecular formula is C19H20F3NO4. The zero-order chi connectivity index (χ0) is 20.4. The van der Waals surface area contributed by atoms with E-state index >= 15 is 0 Å². The van der Waals surface area contributed by atoms with Crippen molar-refractivity contribution in [2.45, 2.75) is 33.0 Å². The van der Waals surface area contributed by atoms with Crippen LogP contribution < -0.4 is 0 Å². The molecule has 1 unspecified atom stereocenters. The summed E-state index contributed by atoms with van der Waals surface area (Å²) < 4.78 is 43.7. The van der Waals surface area contributed by atoms with E-state index in [0.29, 0.717) is 11.3 Å². The lowest BCUT2D eigenvalue weighted by Gasteiger charge is -2.21. The van der Waals surface area contributed by atoms with Crippen LogP contribution in [0.1, 0.15) is 39.9 Å². The van der Waals surface area contributed by atoms with Gasteiger partial charge in [0, 0.05) is 13.0 Å². The molecule has 2 rings (SSSR count). The number of aryl methyl sites for hydroxylation is 1. The van der Waals surface area contributed by atoms with Gasteiger partial charge in [-0.25, -0.2) is 4.79 Å². The van der Waals surface area contributed by atoms with Gasteiger partial charge >= 0.3 is 12.1 Å². The van der Waals surface area contributed by atoms with E-state index in [9.17, 15) is 22.8 Å². The Labute approximate surface area is 154 Å². The summed E-state index contributed by atoms with van der Waals surface area (Å²) in [5.41, 5.74) is -0.302. The quantitative estimate of drug-likeness (QED) is 0.814. The van der Waals surface area contributed by atoms with Crippen molar-refractivity contribution >= 4 is 11.9 Å². The molecule has 1 N–H and O–H groups in total. The second-order valence-electron chi connectivity index (χ2n) is 6.49. The molecule has 1 heterocycles. The van der Waals surface area contributed by atoms with Crippen molar-refractivity contribution in [1.29, 1.82) is 0 Å². The third kappa shape index (κ3) is 5.12.